The fourth-order valence-electron chi connectivity index (χ4n) is 4.07. The molecule has 0 radical (unpaired) electrons. The highest BCUT2D eigenvalue weighted by Gasteiger charge is 2.51. The first-order valence-corrected chi connectivity index (χ1v) is 7.99. The van der Waals surface area contributed by atoms with Crippen molar-refractivity contribution in [1.82, 2.24) is 4.90 Å². The molecule has 2 unspecified atom stereocenters. The predicted molar refractivity (Wildman–Crippen MR) is 76.1 cm³/mol. The number of hydrogen-bond acceptors (Lipinski definition) is 3. The summed E-state index contributed by atoms with van der Waals surface area (Å²) in [5, 5.41) is 10.3. The number of aliphatic hydroxyl groups is 1. The van der Waals surface area contributed by atoms with Crippen LogP contribution >= 0.6 is 0 Å². The molecular weight excluding hydrogens is 238 g/mol. The number of fused-ring (bicyclic) bond motifs is 2. The molecule has 110 valence electrons. The van der Waals surface area contributed by atoms with Gasteiger partial charge in [-0.3, -0.25) is 4.90 Å². The molecule has 0 aromatic rings. The topological polar surface area (TPSA) is 32.7 Å². The average Bonchev–Trinajstić information content (AvgIpc) is 3.01. The Labute approximate surface area is 117 Å². The van der Waals surface area contributed by atoms with Crippen LogP contribution < -0.4 is 0 Å². The van der Waals surface area contributed by atoms with Crippen molar-refractivity contribution in [2.24, 2.45) is 5.41 Å². The summed E-state index contributed by atoms with van der Waals surface area (Å²) in [4.78, 5) is 2.70. The van der Waals surface area contributed by atoms with Crippen LogP contribution in [0.5, 0.6) is 0 Å². The van der Waals surface area contributed by atoms with Gasteiger partial charge in [0.2, 0.25) is 0 Å². The predicted octanol–water partition coefficient (Wildman–Crippen LogP) is 2.57. The second kappa shape index (κ2) is 4.71. The highest BCUT2D eigenvalue weighted by atomic mass is 16.5. The maximum atomic E-state index is 10.3. The fourth-order valence-corrected chi connectivity index (χ4v) is 4.07. The largest absolute Gasteiger partial charge is 0.390 e. The molecule has 3 aliphatic rings. The van der Waals surface area contributed by atoms with E-state index in [1.807, 2.05) is 6.92 Å². The van der Waals surface area contributed by atoms with Crippen LogP contribution in [0.2, 0.25) is 0 Å². The van der Waals surface area contributed by atoms with Crippen LogP contribution in [0.1, 0.15) is 59.3 Å². The number of nitrogens with zero attached hydrogens (tertiary/aromatic N) is 1. The number of rotatable bonds is 5. The quantitative estimate of drug-likeness (QED) is 0.831. The minimum atomic E-state index is -0.423. The summed E-state index contributed by atoms with van der Waals surface area (Å²) in [6, 6.07) is 1.23. The lowest BCUT2D eigenvalue weighted by Gasteiger charge is -2.43. The van der Waals surface area contributed by atoms with Crippen LogP contribution in [0.25, 0.3) is 0 Å². The zero-order valence-electron chi connectivity index (χ0n) is 12.7. The van der Waals surface area contributed by atoms with E-state index in [2.05, 4.69) is 18.7 Å². The molecule has 0 spiro atoms. The molecule has 0 aromatic carbocycles. The first-order valence-electron chi connectivity index (χ1n) is 7.99. The van der Waals surface area contributed by atoms with E-state index in [9.17, 15) is 5.11 Å². The molecule has 3 heteroatoms. The Balaban J connectivity index is 1.59. The van der Waals surface area contributed by atoms with Gasteiger partial charge >= 0.3 is 0 Å². The molecule has 1 aliphatic carbocycles. The normalized spacial score (nSPS) is 40.9. The average molecular weight is 267 g/mol. The second-order valence-electron chi connectivity index (χ2n) is 7.82. The van der Waals surface area contributed by atoms with Gasteiger partial charge in [0.25, 0.3) is 0 Å². The number of ether oxygens (including phenoxy) is 1. The molecule has 1 saturated carbocycles. The van der Waals surface area contributed by atoms with Gasteiger partial charge in [-0.2, -0.15) is 0 Å². The zero-order valence-corrected chi connectivity index (χ0v) is 12.7. The Morgan fingerprint density at radius 3 is 2.26 bits per heavy atom. The zero-order chi connectivity index (χ0) is 13.7. The molecule has 3 rings (SSSR count). The summed E-state index contributed by atoms with van der Waals surface area (Å²) in [7, 11) is 0. The summed E-state index contributed by atoms with van der Waals surface area (Å²) >= 11 is 0. The van der Waals surface area contributed by atoms with E-state index in [1.54, 1.807) is 0 Å². The molecule has 19 heavy (non-hydrogen) atoms. The summed E-state index contributed by atoms with van der Waals surface area (Å²) in [6.45, 7) is 8.39. The standard InChI is InChI=1S/C16H29NO2/c1-12(2)19-11-16(6-7-16)10-17-13-4-5-14(17)9-15(3,18)8-13/h12-14,18H,4-11H2,1-3H3. The third-order valence-electron chi connectivity index (χ3n) is 5.32. The van der Waals surface area contributed by atoms with Crippen molar-refractivity contribution in [2.75, 3.05) is 13.2 Å². The first-order chi connectivity index (χ1) is 8.89. The Kier molecular flexibility index (Phi) is 3.43. The Bertz CT molecular complexity index is 320. The van der Waals surface area contributed by atoms with Crippen molar-refractivity contribution in [2.45, 2.75) is 83.1 Å². The molecule has 0 aromatic heterocycles. The SMILES string of the molecule is CC(C)OCC1(CN2C3CCC2CC(C)(O)C3)CC1. The van der Waals surface area contributed by atoms with Gasteiger partial charge in [-0.25, -0.2) is 0 Å². The van der Waals surface area contributed by atoms with Crippen LogP contribution in [0.3, 0.4) is 0 Å². The molecule has 2 bridgehead atoms. The van der Waals surface area contributed by atoms with Crippen molar-refractivity contribution < 1.29 is 9.84 Å². The van der Waals surface area contributed by atoms with Gasteiger partial charge in [-0.1, -0.05) is 0 Å². The van der Waals surface area contributed by atoms with E-state index in [0.29, 0.717) is 23.6 Å². The van der Waals surface area contributed by atoms with E-state index < -0.39 is 5.60 Å². The van der Waals surface area contributed by atoms with Crippen molar-refractivity contribution in [3.05, 3.63) is 0 Å². The Morgan fingerprint density at radius 1 is 1.21 bits per heavy atom. The van der Waals surface area contributed by atoms with Crippen LogP contribution in [0.15, 0.2) is 0 Å². The van der Waals surface area contributed by atoms with Gasteiger partial charge in [-0.05, 0) is 59.3 Å². The van der Waals surface area contributed by atoms with Crippen LogP contribution in [-0.2, 0) is 4.74 Å². The lowest BCUT2D eigenvalue weighted by Crippen LogP contribution is -2.51. The van der Waals surface area contributed by atoms with Gasteiger partial charge in [0.1, 0.15) is 0 Å². The summed E-state index contributed by atoms with van der Waals surface area (Å²) in [5.41, 5.74) is 0.0157. The lowest BCUT2D eigenvalue weighted by atomic mass is 9.87. The Hall–Kier alpha value is -0.120. The van der Waals surface area contributed by atoms with Crippen molar-refractivity contribution >= 4 is 0 Å². The second-order valence-corrected chi connectivity index (χ2v) is 7.82. The van der Waals surface area contributed by atoms with Crippen LogP contribution in [0.4, 0.5) is 0 Å². The molecule has 2 saturated heterocycles. The van der Waals surface area contributed by atoms with Crippen molar-refractivity contribution in [3.63, 3.8) is 0 Å². The molecule has 3 fully saturated rings. The molecule has 2 heterocycles. The summed E-state index contributed by atoms with van der Waals surface area (Å²) in [6.07, 6.45) is 7.48. The fraction of sp³-hybridized carbons (Fsp3) is 1.00. The monoisotopic (exact) mass is 267 g/mol. The van der Waals surface area contributed by atoms with Crippen LogP contribution in [0, 0.1) is 5.41 Å². The van der Waals surface area contributed by atoms with Gasteiger partial charge in [0.05, 0.1) is 18.3 Å². The molecule has 3 nitrogen and oxygen atoms in total. The molecule has 2 aliphatic heterocycles. The van der Waals surface area contributed by atoms with E-state index in [1.165, 1.54) is 32.2 Å². The third kappa shape index (κ3) is 2.98. The van der Waals surface area contributed by atoms with Gasteiger partial charge in [0, 0.05) is 24.0 Å². The van der Waals surface area contributed by atoms with Gasteiger partial charge in [-0.15, -0.1) is 0 Å². The minimum absolute atomic E-state index is 0.344. The molecule has 1 N–H and O–H groups in total. The number of piperidine rings is 1. The molecule has 0 amide bonds. The first kappa shape index (κ1) is 13.8. The van der Waals surface area contributed by atoms with Gasteiger partial charge in [0.15, 0.2) is 0 Å². The van der Waals surface area contributed by atoms with E-state index in [4.69, 9.17) is 4.74 Å². The molecule has 2 atom stereocenters. The Morgan fingerprint density at radius 2 is 1.79 bits per heavy atom. The minimum Gasteiger partial charge on any atom is -0.390 e. The van der Waals surface area contributed by atoms with Crippen molar-refractivity contribution in [1.29, 1.82) is 0 Å². The highest BCUT2D eigenvalue weighted by molar-refractivity contribution is 5.05. The highest BCUT2D eigenvalue weighted by Crippen LogP contribution is 2.50. The summed E-state index contributed by atoms with van der Waals surface area (Å²) in [5.74, 6) is 0. The molecular formula is C16H29NO2. The van der Waals surface area contributed by atoms with Gasteiger partial charge < -0.3 is 9.84 Å². The van der Waals surface area contributed by atoms with E-state index >= 15 is 0 Å². The summed E-state index contributed by atoms with van der Waals surface area (Å²) < 4.78 is 5.87. The third-order valence-corrected chi connectivity index (χ3v) is 5.32. The number of hydrogen-bond donors (Lipinski definition) is 1. The van der Waals surface area contributed by atoms with E-state index in [-0.39, 0.29) is 0 Å². The lowest BCUT2D eigenvalue weighted by molar-refractivity contribution is -0.0516. The smallest absolute Gasteiger partial charge is 0.0649 e. The maximum absolute atomic E-state index is 10.3. The van der Waals surface area contributed by atoms with Crippen LogP contribution in [-0.4, -0.2) is 46.9 Å². The van der Waals surface area contributed by atoms with E-state index in [0.717, 1.165) is 19.4 Å². The van der Waals surface area contributed by atoms with Crippen molar-refractivity contribution in [3.8, 4) is 0 Å². The maximum Gasteiger partial charge on any atom is 0.0649 e.